The van der Waals surface area contributed by atoms with E-state index in [9.17, 15) is 18.4 Å². The van der Waals surface area contributed by atoms with Gasteiger partial charge in [-0.05, 0) is 43.9 Å². The third-order valence-corrected chi connectivity index (χ3v) is 6.96. The number of rotatable bonds is 6. The Morgan fingerprint density at radius 1 is 1.17 bits per heavy atom. The van der Waals surface area contributed by atoms with Crippen LogP contribution in [0.1, 0.15) is 45.8 Å². The van der Waals surface area contributed by atoms with E-state index in [-0.39, 0.29) is 39.2 Å². The van der Waals surface area contributed by atoms with Gasteiger partial charge in [-0.3, -0.25) is 14.3 Å². The van der Waals surface area contributed by atoms with E-state index in [2.05, 4.69) is 25.6 Å². The third kappa shape index (κ3) is 4.73. The first-order valence-electron chi connectivity index (χ1n) is 11.2. The Balaban J connectivity index is 1.20. The molecule has 186 valence electrons. The largest absolute Gasteiger partial charge is 0.474 e. The van der Waals surface area contributed by atoms with Crippen molar-refractivity contribution in [3.8, 4) is 16.5 Å². The number of fused-ring (bicyclic) bond motifs is 1. The second kappa shape index (κ2) is 9.57. The van der Waals surface area contributed by atoms with E-state index in [1.807, 2.05) is 0 Å². The molecule has 1 aliphatic rings. The van der Waals surface area contributed by atoms with Gasteiger partial charge >= 0.3 is 0 Å². The van der Waals surface area contributed by atoms with Crippen LogP contribution in [0, 0.1) is 11.6 Å². The van der Waals surface area contributed by atoms with Crippen LogP contribution < -0.4 is 15.8 Å². The predicted molar refractivity (Wildman–Crippen MR) is 126 cm³/mol. The van der Waals surface area contributed by atoms with Crippen molar-refractivity contribution in [2.45, 2.75) is 37.8 Å². The number of hydrogen-bond donors (Lipinski definition) is 2. The number of primary amides is 1. The van der Waals surface area contributed by atoms with E-state index in [0.29, 0.717) is 36.7 Å². The van der Waals surface area contributed by atoms with Crippen LogP contribution in [0.15, 0.2) is 30.5 Å². The van der Waals surface area contributed by atoms with Gasteiger partial charge in [0.15, 0.2) is 10.7 Å². The highest BCUT2D eigenvalue weighted by Gasteiger charge is 2.27. The maximum atomic E-state index is 14.0. The Bertz CT molecular complexity index is 1460. The summed E-state index contributed by atoms with van der Waals surface area (Å²) >= 11 is 0.932. The van der Waals surface area contributed by atoms with Gasteiger partial charge < -0.3 is 15.8 Å². The number of carbonyl (C=O) groups is 2. The molecule has 1 fully saturated rings. The molecule has 0 unspecified atom stereocenters. The van der Waals surface area contributed by atoms with Crippen LogP contribution in [0.25, 0.3) is 21.6 Å². The van der Waals surface area contributed by atoms with Gasteiger partial charge in [-0.25, -0.2) is 8.78 Å². The minimum atomic E-state index is -0.770. The molecule has 3 N–H and O–H groups in total. The van der Waals surface area contributed by atoms with Crippen LogP contribution in [0.2, 0.25) is 0 Å². The molecule has 0 aliphatic heterocycles. The summed E-state index contributed by atoms with van der Waals surface area (Å²) in [7, 11) is 1.74. The zero-order chi connectivity index (χ0) is 25.4. The first-order chi connectivity index (χ1) is 17.3. The highest BCUT2D eigenvalue weighted by Crippen LogP contribution is 2.29. The van der Waals surface area contributed by atoms with E-state index in [4.69, 9.17) is 10.5 Å². The van der Waals surface area contributed by atoms with Gasteiger partial charge in [-0.2, -0.15) is 10.1 Å². The Kier molecular flexibility index (Phi) is 6.31. The smallest absolute Gasteiger partial charge is 0.282 e. The third-order valence-electron chi connectivity index (χ3n) is 6.01. The molecule has 3 aromatic heterocycles. The fourth-order valence-corrected chi connectivity index (χ4v) is 4.92. The zero-order valence-electron chi connectivity index (χ0n) is 19.1. The Labute approximate surface area is 207 Å². The van der Waals surface area contributed by atoms with Gasteiger partial charge in [0.25, 0.3) is 11.8 Å². The number of halogens is 2. The van der Waals surface area contributed by atoms with Crippen LogP contribution in [0.3, 0.4) is 0 Å². The number of nitrogens with one attached hydrogen (secondary N) is 1. The minimum Gasteiger partial charge on any atom is -0.474 e. The molecule has 10 nitrogen and oxygen atoms in total. The maximum absolute atomic E-state index is 14.0. The van der Waals surface area contributed by atoms with E-state index in [1.54, 1.807) is 24.0 Å². The molecule has 0 bridgehead atoms. The van der Waals surface area contributed by atoms with Crippen molar-refractivity contribution in [3.63, 3.8) is 0 Å². The summed E-state index contributed by atoms with van der Waals surface area (Å²) in [5.74, 6) is -2.35. The second-order valence-corrected chi connectivity index (χ2v) is 9.47. The zero-order valence-corrected chi connectivity index (χ0v) is 19.9. The quantitative estimate of drug-likeness (QED) is 0.404. The lowest BCUT2D eigenvalue weighted by atomic mass is 9.93. The Morgan fingerprint density at radius 3 is 2.67 bits per heavy atom. The number of nitrogens with two attached hydrogens (primary N) is 1. The normalized spacial score (nSPS) is 17.8. The molecule has 5 rings (SSSR count). The van der Waals surface area contributed by atoms with Crippen molar-refractivity contribution in [2.75, 3.05) is 0 Å². The molecule has 0 radical (unpaired) electrons. The number of hydrogen-bond acceptors (Lipinski definition) is 8. The van der Waals surface area contributed by atoms with Crippen molar-refractivity contribution in [1.29, 1.82) is 0 Å². The van der Waals surface area contributed by atoms with Gasteiger partial charge in [-0.1, -0.05) is 11.3 Å². The van der Waals surface area contributed by atoms with Gasteiger partial charge in [0.2, 0.25) is 10.9 Å². The molecule has 0 atom stereocenters. The minimum absolute atomic E-state index is 0.0823. The van der Waals surface area contributed by atoms with Crippen molar-refractivity contribution in [1.82, 2.24) is 30.3 Å². The van der Waals surface area contributed by atoms with Gasteiger partial charge in [0, 0.05) is 30.1 Å². The van der Waals surface area contributed by atoms with Crippen molar-refractivity contribution in [3.05, 3.63) is 52.7 Å². The summed E-state index contributed by atoms with van der Waals surface area (Å²) in [6.45, 7) is 0. The number of carbonyl (C=O) groups excluding carboxylic acids is 2. The van der Waals surface area contributed by atoms with Crippen LogP contribution in [0.4, 0.5) is 8.78 Å². The highest BCUT2D eigenvalue weighted by atomic mass is 32.1. The number of amides is 2. The van der Waals surface area contributed by atoms with E-state index in [1.165, 1.54) is 6.07 Å². The standard InChI is InChI=1S/C23H21F2N7O3S/c1-32-19-11(10-27-32)8-16(18(26)33)21(29-19)35-14-5-3-13(4-6-14)28-20(34)23-31-30-22(36-23)15-7-2-12(24)9-17(15)25/h2,7-10,13-14H,3-6H2,1H3,(H2,26,33)(H,28,34). The number of pyridine rings is 1. The van der Waals surface area contributed by atoms with Crippen LogP contribution >= 0.6 is 11.3 Å². The van der Waals surface area contributed by atoms with Crippen molar-refractivity contribution < 1.29 is 23.1 Å². The molecule has 4 aromatic rings. The molecular weight excluding hydrogens is 492 g/mol. The molecule has 1 aromatic carbocycles. The lowest BCUT2D eigenvalue weighted by Gasteiger charge is -2.29. The van der Waals surface area contributed by atoms with E-state index >= 15 is 0 Å². The summed E-state index contributed by atoms with van der Waals surface area (Å²) in [5, 5.41) is 15.8. The average Bonchev–Trinajstić information content (AvgIpc) is 3.47. The molecule has 0 spiro atoms. The fraction of sp³-hybridized carbons (Fsp3) is 0.304. The number of aryl methyl sites for hydroxylation is 1. The monoisotopic (exact) mass is 513 g/mol. The van der Waals surface area contributed by atoms with E-state index in [0.717, 1.165) is 23.5 Å². The van der Waals surface area contributed by atoms with Gasteiger partial charge in [0.1, 0.15) is 23.3 Å². The number of benzene rings is 1. The SMILES string of the molecule is Cn1ncc2cc(C(N)=O)c(OC3CCC(NC(=O)c4nnc(-c5ccc(F)cc5F)s4)CC3)nc21. The van der Waals surface area contributed by atoms with Crippen molar-refractivity contribution >= 4 is 34.2 Å². The van der Waals surface area contributed by atoms with Crippen molar-refractivity contribution in [2.24, 2.45) is 12.8 Å². The number of nitrogens with zero attached hydrogens (tertiary/aromatic N) is 5. The average molecular weight is 514 g/mol. The molecule has 13 heteroatoms. The van der Waals surface area contributed by atoms with Crippen LogP contribution in [0.5, 0.6) is 5.88 Å². The van der Waals surface area contributed by atoms with Gasteiger partial charge in [-0.15, -0.1) is 10.2 Å². The van der Waals surface area contributed by atoms with Crippen LogP contribution in [-0.4, -0.2) is 48.9 Å². The highest BCUT2D eigenvalue weighted by molar-refractivity contribution is 7.16. The lowest BCUT2D eigenvalue weighted by molar-refractivity contribution is 0.0880. The molecule has 1 saturated carbocycles. The maximum Gasteiger partial charge on any atom is 0.282 e. The molecule has 36 heavy (non-hydrogen) atoms. The molecule has 3 heterocycles. The van der Waals surface area contributed by atoms with Crippen LogP contribution in [-0.2, 0) is 7.05 Å². The molecule has 1 aliphatic carbocycles. The molecular formula is C23H21F2N7O3S. The summed E-state index contributed by atoms with van der Waals surface area (Å²) in [4.78, 5) is 29.0. The molecule has 0 saturated heterocycles. The Morgan fingerprint density at radius 2 is 1.94 bits per heavy atom. The van der Waals surface area contributed by atoms with E-state index < -0.39 is 23.4 Å². The summed E-state index contributed by atoms with van der Waals surface area (Å²) in [6.07, 6.45) is 3.91. The summed E-state index contributed by atoms with van der Waals surface area (Å²) in [5.41, 5.74) is 6.37. The first kappa shape index (κ1) is 23.7. The topological polar surface area (TPSA) is 138 Å². The second-order valence-electron chi connectivity index (χ2n) is 8.49. The molecule has 2 amide bonds. The first-order valence-corrected chi connectivity index (χ1v) is 12.0. The number of ether oxygens (including phenoxy) is 1. The van der Waals surface area contributed by atoms with Gasteiger partial charge in [0.05, 0.1) is 6.20 Å². The fourth-order valence-electron chi connectivity index (χ4n) is 4.14. The predicted octanol–water partition coefficient (Wildman–Crippen LogP) is 2.98. The summed E-state index contributed by atoms with van der Waals surface area (Å²) < 4.78 is 34.8. The summed E-state index contributed by atoms with van der Waals surface area (Å²) in [6, 6.07) is 4.64. The lowest BCUT2D eigenvalue weighted by Crippen LogP contribution is -2.39. The Hall–Kier alpha value is -4.00. The number of aromatic nitrogens is 5.